The Labute approximate surface area is 124 Å². The summed E-state index contributed by atoms with van der Waals surface area (Å²) in [6, 6.07) is 2.73. The Balaban J connectivity index is 1.82. The summed E-state index contributed by atoms with van der Waals surface area (Å²) in [4.78, 5) is 24.9. The number of nitrogens with zero attached hydrogens (tertiary/aromatic N) is 1. The zero-order chi connectivity index (χ0) is 15.2. The molecule has 0 aliphatic carbocycles. The van der Waals surface area contributed by atoms with E-state index in [1.54, 1.807) is 6.26 Å². The summed E-state index contributed by atoms with van der Waals surface area (Å²) in [5.74, 6) is -0.0365. The first-order valence-electron chi connectivity index (χ1n) is 7.40. The Hall–Kier alpha value is -1.98. The Kier molecular flexibility index (Phi) is 5.25. The molecule has 2 rings (SSSR count). The zero-order valence-corrected chi connectivity index (χ0v) is 12.2. The van der Waals surface area contributed by atoms with E-state index < -0.39 is 12.0 Å². The monoisotopic (exact) mass is 294 g/mol. The van der Waals surface area contributed by atoms with Gasteiger partial charge in [0.25, 0.3) is 0 Å². The predicted molar refractivity (Wildman–Crippen MR) is 77.0 cm³/mol. The highest BCUT2D eigenvalue weighted by atomic mass is 16.4. The van der Waals surface area contributed by atoms with Crippen molar-refractivity contribution in [2.75, 3.05) is 6.54 Å². The van der Waals surface area contributed by atoms with Crippen molar-refractivity contribution >= 4 is 12.0 Å². The molecule has 1 aromatic rings. The molecule has 6 heteroatoms. The molecule has 2 heterocycles. The number of furan rings is 1. The smallest absolute Gasteiger partial charge is 0.326 e. The maximum absolute atomic E-state index is 12.2. The van der Waals surface area contributed by atoms with Crippen molar-refractivity contribution in [3.63, 3.8) is 0 Å². The lowest BCUT2D eigenvalue weighted by molar-refractivity contribution is -0.143. The fraction of sp³-hybridized carbons (Fsp3) is 0.600. The fourth-order valence-electron chi connectivity index (χ4n) is 2.61. The molecule has 2 amide bonds. The summed E-state index contributed by atoms with van der Waals surface area (Å²) in [5, 5.41) is 12.1. The molecule has 0 saturated carbocycles. The number of aliphatic carboxylic acids is 1. The minimum atomic E-state index is -0.923. The highest BCUT2D eigenvalue weighted by Gasteiger charge is 2.32. The molecule has 1 aromatic heterocycles. The number of aryl methyl sites for hydroxylation is 1. The number of amides is 2. The van der Waals surface area contributed by atoms with Gasteiger partial charge in [0, 0.05) is 19.0 Å². The Bertz CT molecular complexity index is 472. The van der Waals surface area contributed by atoms with E-state index in [1.165, 1.54) is 4.90 Å². The third-order valence-corrected chi connectivity index (χ3v) is 3.82. The van der Waals surface area contributed by atoms with Gasteiger partial charge >= 0.3 is 12.0 Å². The van der Waals surface area contributed by atoms with Gasteiger partial charge in [0.05, 0.1) is 6.26 Å². The summed E-state index contributed by atoms with van der Waals surface area (Å²) in [6.07, 6.45) is 5.38. The number of rotatable bonds is 5. The van der Waals surface area contributed by atoms with Gasteiger partial charge in [0.2, 0.25) is 0 Å². The number of carbonyl (C=O) groups is 2. The molecule has 0 aromatic carbocycles. The highest BCUT2D eigenvalue weighted by Crippen LogP contribution is 2.17. The largest absolute Gasteiger partial charge is 0.480 e. The number of hydrogen-bond donors (Lipinski definition) is 2. The summed E-state index contributed by atoms with van der Waals surface area (Å²) in [5.41, 5.74) is 0. The molecule has 2 unspecified atom stereocenters. The number of urea groups is 1. The van der Waals surface area contributed by atoms with Gasteiger partial charge in [-0.15, -0.1) is 0 Å². The van der Waals surface area contributed by atoms with Gasteiger partial charge in [-0.05, 0) is 44.7 Å². The van der Waals surface area contributed by atoms with Crippen LogP contribution in [0.2, 0.25) is 0 Å². The van der Waals surface area contributed by atoms with Crippen LogP contribution in [0, 0.1) is 0 Å². The van der Waals surface area contributed by atoms with Crippen LogP contribution in [0.5, 0.6) is 0 Å². The van der Waals surface area contributed by atoms with Crippen LogP contribution in [0.1, 0.15) is 38.4 Å². The van der Waals surface area contributed by atoms with Crippen molar-refractivity contribution in [3.05, 3.63) is 24.2 Å². The van der Waals surface area contributed by atoms with Crippen LogP contribution in [0.15, 0.2) is 22.8 Å². The van der Waals surface area contributed by atoms with Crippen molar-refractivity contribution in [1.29, 1.82) is 0 Å². The predicted octanol–water partition coefficient (Wildman–Crippen LogP) is 2.25. The molecule has 1 aliphatic heterocycles. The van der Waals surface area contributed by atoms with Gasteiger partial charge < -0.3 is 19.7 Å². The molecular weight excluding hydrogens is 272 g/mol. The number of nitrogens with one attached hydrogen (secondary N) is 1. The summed E-state index contributed by atoms with van der Waals surface area (Å²) in [6.45, 7) is 2.42. The fourth-order valence-corrected chi connectivity index (χ4v) is 2.61. The molecule has 0 radical (unpaired) electrons. The molecule has 21 heavy (non-hydrogen) atoms. The van der Waals surface area contributed by atoms with Crippen LogP contribution in [0.25, 0.3) is 0 Å². The maximum Gasteiger partial charge on any atom is 0.326 e. The summed E-state index contributed by atoms with van der Waals surface area (Å²) in [7, 11) is 0. The number of carboxylic acids is 1. The third kappa shape index (κ3) is 4.24. The molecular formula is C15H22N2O4. The highest BCUT2D eigenvalue weighted by molar-refractivity contribution is 5.83. The van der Waals surface area contributed by atoms with Crippen LogP contribution in [-0.4, -0.2) is 40.6 Å². The number of likely N-dealkylation sites (tertiary alicyclic amines) is 1. The molecule has 116 valence electrons. The quantitative estimate of drug-likeness (QED) is 0.872. The molecule has 0 spiro atoms. The van der Waals surface area contributed by atoms with Crippen molar-refractivity contribution in [2.24, 2.45) is 0 Å². The van der Waals surface area contributed by atoms with Crippen LogP contribution in [-0.2, 0) is 11.2 Å². The second-order valence-corrected chi connectivity index (χ2v) is 5.51. The van der Waals surface area contributed by atoms with E-state index in [9.17, 15) is 14.7 Å². The number of hydrogen-bond acceptors (Lipinski definition) is 3. The summed E-state index contributed by atoms with van der Waals surface area (Å²) < 4.78 is 5.25. The van der Waals surface area contributed by atoms with Gasteiger partial charge in [-0.25, -0.2) is 9.59 Å². The lowest BCUT2D eigenvalue weighted by atomic mass is 10.0. The molecule has 1 saturated heterocycles. The minimum Gasteiger partial charge on any atom is -0.480 e. The van der Waals surface area contributed by atoms with Crippen molar-refractivity contribution < 1.29 is 19.1 Å². The molecule has 1 aliphatic rings. The van der Waals surface area contributed by atoms with Gasteiger partial charge in [0.15, 0.2) is 0 Å². The molecule has 2 atom stereocenters. The molecule has 2 N–H and O–H groups in total. The SMILES string of the molecule is CC(CCc1ccco1)NC(=O)N1CCCCC1C(=O)O. The topological polar surface area (TPSA) is 82.8 Å². The molecule has 1 fully saturated rings. The van der Waals surface area contributed by atoms with Crippen LogP contribution < -0.4 is 5.32 Å². The van der Waals surface area contributed by atoms with E-state index >= 15 is 0 Å². The average molecular weight is 294 g/mol. The van der Waals surface area contributed by atoms with Crippen molar-refractivity contribution in [1.82, 2.24) is 10.2 Å². The second kappa shape index (κ2) is 7.15. The van der Waals surface area contributed by atoms with Crippen LogP contribution in [0.3, 0.4) is 0 Å². The molecule has 6 nitrogen and oxygen atoms in total. The summed E-state index contributed by atoms with van der Waals surface area (Å²) >= 11 is 0. The average Bonchev–Trinajstić information content (AvgIpc) is 2.98. The van der Waals surface area contributed by atoms with E-state index in [4.69, 9.17) is 4.42 Å². The minimum absolute atomic E-state index is 0.0287. The van der Waals surface area contributed by atoms with E-state index in [2.05, 4.69) is 5.32 Å². The molecule has 0 bridgehead atoms. The number of carboxylic acid groups (broad SMARTS) is 1. The van der Waals surface area contributed by atoms with Crippen LogP contribution >= 0.6 is 0 Å². The Morgan fingerprint density at radius 3 is 3.00 bits per heavy atom. The maximum atomic E-state index is 12.2. The zero-order valence-electron chi connectivity index (χ0n) is 12.2. The lowest BCUT2D eigenvalue weighted by Gasteiger charge is -2.33. The van der Waals surface area contributed by atoms with E-state index in [-0.39, 0.29) is 12.1 Å². The van der Waals surface area contributed by atoms with Crippen molar-refractivity contribution in [2.45, 2.75) is 51.1 Å². The van der Waals surface area contributed by atoms with Gasteiger partial charge in [0.1, 0.15) is 11.8 Å². The van der Waals surface area contributed by atoms with Crippen molar-refractivity contribution in [3.8, 4) is 0 Å². The Morgan fingerprint density at radius 2 is 2.33 bits per heavy atom. The van der Waals surface area contributed by atoms with E-state index in [0.717, 1.165) is 31.4 Å². The number of carbonyl (C=O) groups excluding carboxylic acids is 1. The van der Waals surface area contributed by atoms with E-state index in [1.807, 2.05) is 19.1 Å². The normalized spacial score (nSPS) is 20.0. The van der Waals surface area contributed by atoms with Gasteiger partial charge in [-0.1, -0.05) is 0 Å². The number of piperidine rings is 1. The van der Waals surface area contributed by atoms with Gasteiger partial charge in [-0.2, -0.15) is 0 Å². The second-order valence-electron chi connectivity index (χ2n) is 5.51. The van der Waals surface area contributed by atoms with E-state index in [0.29, 0.717) is 13.0 Å². The van der Waals surface area contributed by atoms with Gasteiger partial charge in [-0.3, -0.25) is 0 Å². The standard InChI is InChI=1S/C15H22N2O4/c1-11(7-8-12-5-4-10-21-12)16-15(20)17-9-3-2-6-13(17)14(18)19/h4-5,10-11,13H,2-3,6-9H2,1H3,(H,16,20)(H,18,19). The first kappa shape index (κ1) is 15.4. The first-order chi connectivity index (χ1) is 10.1. The van der Waals surface area contributed by atoms with Crippen LogP contribution in [0.4, 0.5) is 4.79 Å². The first-order valence-corrected chi connectivity index (χ1v) is 7.40. The lowest BCUT2D eigenvalue weighted by Crippen LogP contribution is -2.53. The Morgan fingerprint density at radius 1 is 1.52 bits per heavy atom. The third-order valence-electron chi connectivity index (χ3n) is 3.82.